The molecule has 1 saturated heterocycles. The van der Waals surface area contributed by atoms with Crippen LogP contribution in [-0.4, -0.2) is 49.6 Å². The molecular weight excluding hydrogens is 490 g/mol. The fourth-order valence-corrected chi connectivity index (χ4v) is 4.48. The zero-order chi connectivity index (χ0) is 23.1. The number of benzene rings is 1. The molecular formula is C22H20BrN7O3. The van der Waals surface area contributed by atoms with E-state index in [0.29, 0.717) is 35.1 Å². The Morgan fingerprint density at radius 1 is 1.33 bits per heavy atom. The number of pyridine rings is 1. The number of aromatic nitrogens is 4. The van der Waals surface area contributed by atoms with E-state index in [1.54, 1.807) is 34.0 Å². The molecule has 0 bridgehead atoms. The molecule has 2 amide bonds. The van der Waals surface area contributed by atoms with Gasteiger partial charge in [-0.15, -0.1) is 0 Å². The van der Waals surface area contributed by atoms with Crippen LogP contribution in [-0.2, 0) is 4.79 Å². The maximum absolute atomic E-state index is 13.2. The van der Waals surface area contributed by atoms with Gasteiger partial charge in [0.05, 0.1) is 16.9 Å². The van der Waals surface area contributed by atoms with E-state index in [1.165, 1.54) is 6.08 Å². The normalized spacial score (nSPS) is 16.3. The molecule has 1 aliphatic rings. The molecule has 1 fully saturated rings. The first-order valence-corrected chi connectivity index (χ1v) is 11.2. The Morgan fingerprint density at radius 2 is 2.18 bits per heavy atom. The monoisotopic (exact) mass is 509 g/mol. The van der Waals surface area contributed by atoms with Crippen LogP contribution in [0.15, 0.2) is 52.0 Å². The zero-order valence-electron chi connectivity index (χ0n) is 17.5. The van der Waals surface area contributed by atoms with Gasteiger partial charge in [-0.25, -0.2) is 4.98 Å². The second-order valence-corrected chi connectivity index (χ2v) is 8.67. The van der Waals surface area contributed by atoms with Crippen LogP contribution in [0.2, 0.25) is 0 Å². The van der Waals surface area contributed by atoms with Crippen molar-refractivity contribution in [2.24, 2.45) is 0 Å². The Morgan fingerprint density at radius 3 is 3.00 bits per heavy atom. The highest BCUT2D eigenvalue weighted by Crippen LogP contribution is 2.30. The van der Waals surface area contributed by atoms with Crippen LogP contribution < -0.4 is 11.1 Å². The number of rotatable bonds is 4. The summed E-state index contributed by atoms with van der Waals surface area (Å²) >= 11 is 3.38. The van der Waals surface area contributed by atoms with Gasteiger partial charge in [-0.2, -0.15) is 10.1 Å². The number of amides is 2. The molecule has 11 heteroatoms. The smallest absolute Gasteiger partial charge is 0.302 e. The summed E-state index contributed by atoms with van der Waals surface area (Å²) in [5, 5.41) is 7.72. The van der Waals surface area contributed by atoms with Gasteiger partial charge in [0.1, 0.15) is 11.3 Å². The molecule has 4 aromatic rings. The van der Waals surface area contributed by atoms with Crippen molar-refractivity contribution in [3.8, 4) is 0 Å². The lowest BCUT2D eigenvalue weighted by Crippen LogP contribution is -2.40. The molecule has 0 aliphatic carbocycles. The first-order chi connectivity index (χ1) is 15.9. The van der Waals surface area contributed by atoms with Gasteiger partial charge >= 0.3 is 6.01 Å². The lowest BCUT2D eigenvalue weighted by Gasteiger charge is -2.32. The Balaban J connectivity index is 1.50. The van der Waals surface area contributed by atoms with Crippen LogP contribution in [0, 0.1) is 0 Å². The maximum Gasteiger partial charge on any atom is 0.302 e. The van der Waals surface area contributed by atoms with Gasteiger partial charge in [0, 0.05) is 23.8 Å². The minimum atomic E-state index is -0.515. The van der Waals surface area contributed by atoms with Gasteiger partial charge in [0.25, 0.3) is 5.91 Å². The van der Waals surface area contributed by atoms with Gasteiger partial charge in [-0.1, -0.05) is 22.5 Å². The maximum atomic E-state index is 13.2. The Hall–Kier alpha value is -3.73. The van der Waals surface area contributed by atoms with Gasteiger partial charge in [-0.3, -0.25) is 19.6 Å². The largest absolute Gasteiger partial charge is 0.423 e. The summed E-state index contributed by atoms with van der Waals surface area (Å²) in [6.07, 6.45) is 4.50. The molecule has 1 atom stereocenters. The molecule has 168 valence electrons. The molecule has 4 heterocycles. The number of piperidine rings is 1. The van der Waals surface area contributed by atoms with Crippen molar-refractivity contribution in [3.05, 3.63) is 53.3 Å². The molecule has 1 aliphatic heterocycles. The SMILES string of the molecule is C=CC(=O)N1CCCC(n2nc(C(=O)Nc3nc4ccc(Br)cc4o3)c3c(N)nccc32)C1. The first-order valence-electron chi connectivity index (χ1n) is 10.4. The van der Waals surface area contributed by atoms with E-state index in [-0.39, 0.29) is 29.5 Å². The lowest BCUT2D eigenvalue weighted by atomic mass is 10.1. The number of nitrogen functional groups attached to an aromatic ring is 1. The van der Waals surface area contributed by atoms with Crippen molar-refractivity contribution >= 4 is 61.6 Å². The molecule has 10 nitrogen and oxygen atoms in total. The summed E-state index contributed by atoms with van der Waals surface area (Å²) < 4.78 is 8.25. The summed E-state index contributed by atoms with van der Waals surface area (Å²) in [6, 6.07) is 7.09. The third kappa shape index (κ3) is 3.84. The van der Waals surface area contributed by atoms with Crippen molar-refractivity contribution in [1.82, 2.24) is 24.6 Å². The Labute approximate surface area is 196 Å². The Kier molecular flexibility index (Phi) is 5.33. The van der Waals surface area contributed by atoms with Gasteiger partial charge in [-0.05, 0) is 43.2 Å². The number of hydrogen-bond acceptors (Lipinski definition) is 7. The predicted octanol–water partition coefficient (Wildman–Crippen LogP) is 3.52. The molecule has 33 heavy (non-hydrogen) atoms. The van der Waals surface area contributed by atoms with Gasteiger partial charge < -0.3 is 15.1 Å². The van der Waals surface area contributed by atoms with Crippen LogP contribution in [0.5, 0.6) is 0 Å². The number of carbonyl (C=O) groups excluding carboxylic acids is 2. The quantitative estimate of drug-likeness (QED) is 0.402. The van der Waals surface area contributed by atoms with E-state index in [9.17, 15) is 9.59 Å². The number of nitrogens with zero attached hydrogens (tertiary/aromatic N) is 5. The second kappa shape index (κ2) is 8.32. The highest BCUT2D eigenvalue weighted by Gasteiger charge is 2.29. The third-order valence-electron chi connectivity index (χ3n) is 5.66. The fraction of sp³-hybridized carbons (Fsp3) is 0.227. The molecule has 5 rings (SSSR count). The fourth-order valence-electron chi connectivity index (χ4n) is 4.14. The number of nitrogens with two attached hydrogens (primary N) is 1. The van der Waals surface area contributed by atoms with E-state index in [4.69, 9.17) is 10.2 Å². The average molecular weight is 510 g/mol. The van der Waals surface area contributed by atoms with Crippen molar-refractivity contribution in [3.63, 3.8) is 0 Å². The topological polar surface area (TPSA) is 132 Å². The van der Waals surface area contributed by atoms with Gasteiger partial charge in [0.15, 0.2) is 11.3 Å². The first kappa shape index (κ1) is 21.1. The predicted molar refractivity (Wildman–Crippen MR) is 127 cm³/mol. The van der Waals surface area contributed by atoms with Crippen LogP contribution in [0.1, 0.15) is 29.4 Å². The van der Waals surface area contributed by atoms with Crippen molar-refractivity contribution < 1.29 is 14.0 Å². The van der Waals surface area contributed by atoms with E-state index in [1.807, 2.05) is 6.07 Å². The minimum absolute atomic E-state index is 0.0543. The Bertz CT molecular complexity index is 1410. The number of fused-ring (bicyclic) bond motifs is 2. The molecule has 0 radical (unpaired) electrons. The highest BCUT2D eigenvalue weighted by molar-refractivity contribution is 9.10. The number of oxazole rings is 1. The summed E-state index contributed by atoms with van der Waals surface area (Å²) in [7, 11) is 0. The van der Waals surface area contributed by atoms with Crippen molar-refractivity contribution in [2.75, 3.05) is 24.1 Å². The average Bonchev–Trinajstić information content (AvgIpc) is 3.40. The zero-order valence-corrected chi connectivity index (χ0v) is 19.1. The van der Waals surface area contributed by atoms with Crippen LogP contribution >= 0.6 is 15.9 Å². The van der Waals surface area contributed by atoms with Crippen molar-refractivity contribution in [1.29, 1.82) is 0 Å². The summed E-state index contributed by atoms with van der Waals surface area (Å²) in [5.41, 5.74) is 8.07. The molecule has 0 saturated carbocycles. The van der Waals surface area contributed by atoms with E-state index in [0.717, 1.165) is 17.3 Å². The molecule has 1 aromatic carbocycles. The molecule has 3 N–H and O–H groups in total. The highest BCUT2D eigenvalue weighted by atomic mass is 79.9. The number of hydrogen-bond donors (Lipinski definition) is 2. The molecule has 0 spiro atoms. The number of likely N-dealkylation sites (tertiary alicyclic amines) is 1. The van der Waals surface area contributed by atoms with E-state index in [2.05, 4.69) is 42.9 Å². The minimum Gasteiger partial charge on any atom is -0.423 e. The van der Waals surface area contributed by atoms with Gasteiger partial charge in [0.2, 0.25) is 5.91 Å². The summed E-state index contributed by atoms with van der Waals surface area (Å²) in [6.45, 7) is 4.70. The number of anilines is 2. The number of nitrogens with one attached hydrogen (secondary N) is 1. The van der Waals surface area contributed by atoms with Crippen LogP contribution in [0.3, 0.4) is 0 Å². The molecule has 3 aromatic heterocycles. The van der Waals surface area contributed by atoms with Crippen molar-refractivity contribution in [2.45, 2.75) is 18.9 Å². The molecule has 1 unspecified atom stereocenters. The van der Waals surface area contributed by atoms with Crippen LogP contribution in [0.25, 0.3) is 22.0 Å². The number of halogens is 1. The summed E-state index contributed by atoms with van der Waals surface area (Å²) in [5.74, 6) is -0.447. The van der Waals surface area contributed by atoms with Crippen LogP contribution in [0.4, 0.5) is 11.8 Å². The summed E-state index contributed by atoms with van der Waals surface area (Å²) in [4.78, 5) is 35.5. The standard InChI is InChI=1S/C22H20BrN7O3/c1-2-17(31)29-9-3-4-13(11-29)30-15-7-8-25-20(24)18(15)19(28-30)21(32)27-22-26-14-6-5-12(23)10-16(14)33-22/h2,5-8,10,13H,1,3-4,9,11H2,(H2,24,25)(H,26,27,32). The second-order valence-electron chi connectivity index (χ2n) is 7.75. The third-order valence-corrected chi connectivity index (χ3v) is 6.16. The van der Waals surface area contributed by atoms with E-state index >= 15 is 0 Å². The van der Waals surface area contributed by atoms with E-state index < -0.39 is 5.91 Å². The lowest BCUT2D eigenvalue weighted by molar-refractivity contribution is -0.127. The number of carbonyl (C=O) groups is 2.